The molecular formula is C22H25N6O6S2+. The van der Waals surface area contributed by atoms with Gasteiger partial charge in [-0.2, -0.15) is 21.8 Å². The Kier molecular flexibility index (Phi) is 7.80. The predicted octanol–water partition coefficient (Wildman–Crippen LogP) is -0.0178. The van der Waals surface area contributed by atoms with E-state index in [9.17, 15) is 25.9 Å². The van der Waals surface area contributed by atoms with Crippen LogP contribution in [-0.4, -0.2) is 48.4 Å². The number of hydrogen-bond donors (Lipinski definition) is 5. The fourth-order valence-corrected chi connectivity index (χ4v) is 6.18. The first-order chi connectivity index (χ1) is 16.7. The fourth-order valence-electron chi connectivity index (χ4n) is 3.63. The molecular weight excluding hydrogens is 508 g/mol. The summed E-state index contributed by atoms with van der Waals surface area (Å²) < 4.78 is 67.6. The second kappa shape index (κ2) is 10.5. The number of nitrogens with zero attached hydrogens (tertiary/aromatic N) is 3. The van der Waals surface area contributed by atoms with Crippen molar-refractivity contribution in [3.63, 3.8) is 0 Å². The fraction of sp³-hybridized carbons (Fsp3) is 0.227. The van der Waals surface area contributed by atoms with Gasteiger partial charge in [0.1, 0.15) is 17.5 Å². The number of nitrogens with two attached hydrogens (primary N) is 3. The maximum atomic E-state index is 11.8. The molecule has 0 saturated heterocycles. The summed E-state index contributed by atoms with van der Waals surface area (Å²) in [5.74, 6) is 5.39. The summed E-state index contributed by atoms with van der Waals surface area (Å²) in [5.41, 5.74) is 19.1. The van der Waals surface area contributed by atoms with Crippen molar-refractivity contribution in [2.75, 3.05) is 0 Å². The van der Waals surface area contributed by atoms with E-state index >= 15 is 0 Å². The summed E-state index contributed by atoms with van der Waals surface area (Å²) in [6.07, 6.45) is 4.42. The molecule has 0 spiro atoms. The average molecular weight is 534 g/mol. The van der Waals surface area contributed by atoms with Gasteiger partial charge in [0, 0.05) is 24.1 Å². The van der Waals surface area contributed by atoms with Crippen LogP contribution in [0.5, 0.6) is 0 Å². The van der Waals surface area contributed by atoms with Gasteiger partial charge in [-0.15, -0.1) is 0 Å². The molecule has 0 aliphatic heterocycles. The lowest BCUT2D eigenvalue weighted by Crippen LogP contribution is -2.41. The van der Waals surface area contributed by atoms with Crippen LogP contribution >= 0.6 is 0 Å². The summed E-state index contributed by atoms with van der Waals surface area (Å²) >= 11 is 0. The number of allylic oxidation sites excluding steroid dienone is 2. The van der Waals surface area contributed by atoms with Crippen molar-refractivity contribution in [2.24, 2.45) is 34.2 Å². The SMILES string of the molecule is C[n+]1ccc(-c2ccc(N=C(N)N=C(N)N)cc2C#CC2=CC[C@H](S(=O)(=O)O)[C@H](S(=O)(=O)O)C2)cc1. The number of guanidine groups is 2. The van der Waals surface area contributed by atoms with Crippen LogP contribution in [0.15, 0.2) is 64.4 Å². The highest BCUT2D eigenvalue weighted by Gasteiger charge is 2.42. The zero-order chi connectivity index (χ0) is 26.7. The average Bonchev–Trinajstić information content (AvgIpc) is 2.76. The first-order valence-corrected chi connectivity index (χ1v) is 13.4. The molecule has 0 bridgehead atoms. The topological polar surface area (TPSA) is 215 Å². The number of aromatic nitrogens is 1. The van der Waals surface area contributed by atoms with Gasteiger partial charge >= 0.3 is 0 Å². The van der Waals surface area contributed by atoms with Crippen molar-refractivity contribution >= 4 is 37.8 Å². The molecule has 190 valence electrons. The minimum absolute atomic E-state index is 0.171. The Hall–Kier alpha value is -3.77. The Morgan fingerprint density at radius 2 is 1.64 bits per heavy atom. The molecule has 0 unspecified atom stereocenters. The van der Waals surface area contributed by atoms with Gasteiger partial charge in [0.2, 0.25) is 5.96 Å². The maximum Gasteiger partial charge on any atom is 0.269 e. The molecule has 1 aliphatic rings. The van der Waals surface area contributed by atoms with Crippen LogP contribution in [0.3, 0.4) is 0 Å². The largest absolute Gasteiger partial charge is 0.370 e. The molecule has 14 heteroatoms. The van der Waals surface area contributed by atoms with Crippen molar-refractivity contribution < 1.29 is 30.5 Å². The lowest BCUT2D eigenvalue weighted by Gasteiger charge is -2.25. The van der Waals surface area contributed by atoms with Gasteiger partial charge in [-0.1, -0.05) is 24.0 Å². The second-order valence-electron chi connectivity index (χ2n) is 8.01. The minimum atomic E-state index is -4.77. The van der Waals surface area contributed by atoms with Crippen molar-refractivity contribution in [2.45, 2.75) is 23.3 Å². The van der Waals surface area contributed by atoms with E-state index in [0.717, 1.165) is 11.1 Å². The van der Waals surface area contributed by atoms with E-state index < -0.39 is 30.7 Å². The van der Waals surface area contributed by atoms with Crippen molar-refractivity contribution in [1.82, 2.24) is 0 Å². The third kappa shape index (κ3) is 6.89. The third-order valence-corrected chi connectivity index (χ3v) is 8.05. The summed E-state index contributed by atoms with van der Waals surface area (Å²) in [4.78, 5) is 7.81. The second-order valence-corrected chi connectivity index (χ2v) is 11.3. The standard InChI is InChI=1S/C22H24N6O6S2/c1-28-10-8-15(9-11-28)18-6-5-17(26-22(25)27-21(23)24)13-16(18)4-2-14-3-7-19(35(29,30)31)20(12-14)36(32,33)34/h3,5-6,8-11,13,19-20H,7,12H2,1H3,(H7,23,24,25,27,29,30,31,32,33,34)/p+1/t19-,20+/m0/s1. The first kappa shape index (κ1) is 26.8. The third-order valence-electron chi connectivity index (χ3n) is 5.34. The number of aryl methyl sites for hydroxylation is 1. The van der Waals surface area contributed by atoms with Crippen molar-refractivity contribution in [3.8, 4) is 23.0 Å². The smallest absolute Gasteiger partial charge is 0.269 e. The summed E-state index contributed by atoms with van der Waals surface area (Å²) in [6.45, 7) is 0. The van der Waals surface area contributed by atoms with Crippen molar-refractivity contribution in [3.05, 3.63) is 59.9 Å². The zero-order valence-corrected chi connectivity index (χ0v) is 20.7. The molecule has 0 fully saturated rings. The van der Waals surface area contributed by atoms with Crippen LogP contribution in [-0.2, 0) is 27.3 Å². The molecule has 0 radical (unpaired) electrons. The van der Waals surface area contributed by atoms with E-state index in [-0.39, 0.29) is 30.3 Å². The highest BCUT2D eigenvalue weighted by atomic mass is 32.2. The number of rotatable bonds is 4. The van der Waals surface area contributed by atoms with Gasteiger partial charge in [-0.25, -0.2) is 9.56 Å². The lowest BCUT2D eigenvalue weighted by atomic mass is 9.97. The van der Waals surface area contributed by atoms with Gasteiger partial charge in [0.25, 0.3) is 20.2 Å². The lowest BCUT2D eigenvalue weighted by molar-refractivity contribution is -0.671. The van der Waals surface area contributed by atoms with Crippen LogP contribution in [0.2, 0.25) is 0 Å². The molecule has 1 aromatic carbocycles. The number of aliphatic imine (C=N–C) groups is 2. The van der Waals surface area contributed by atoms with Gasteiger partial charge in [-0.05, 0) is 35.3 Å². The van der Waals surface area contributed by atoms with Gasteiger partial charge in [-0.3, -0.25) is 9.11 Å². The van der Waals surface area contributed by atoms with E-state index in [4.69, 9.17) is 17.2 Å². The number of hydrogen-bond acceptors (Lipinski definition) is 5. The van der Waals surface area contributed by atoms with Crippen LogP contribution in [0.25, 0.3) is 11.1 Å². The summed E-state index contributed by atoms with van der Waals surface area (Å²) in [6, 6.07) is 8.85. The van der Waals surface area contributed by atoms with Gasteiger partial charge in [0.05, 0.1) is 5.69 Å². The zero-order valence-electron chi connectivity index (χ0n) is 19.1. The highest BCUT2D eigenvalue weighted by Crippen LogP contribution is 2.30. The Balaban J connectivity index is 2.08. The van der Waals surface area contributed by atoms with Crippen LogP contribution in [0.4, 0.5) is 5.69 Å². The van der Waals surface area contributed by atoms with Gasteiger partial charge < -0.3 is 17.2 Å². The van der Waals surface area contributed by atoms with E-state index in [2.05, 4.69) is 21.8 Å². The molecule has 3 rings (SSSR count). The molecule has 36 heavy (non-hydrogen) atoms. The monoisotopic (exact) mass is 533 g/mol. The molecule has 1 aliphatic carbocycles. The summed E-state index contributed by atoms with van der Waals surface area (Å²) in [7, 11) is -7.61. The summed E-state index contributed by atoms with van der Waals surface area (Å²) in [5, 5.41) is -3.43. The molecule has 2 aromatic rings. The van der Waals surface area contributed by atoms with E-state index in [0.29, 0.717) is 11.3 Å². The molecule has 0 saturated carbocycles. The number of benzene rings is 1. The molecule has 1 aromatic heterocycles. The Labute approximate surface area is 208 Å². The molecule has 1 heterocycles. The molecule has 12 nitrogen and oxygen atoms in total. The van der Waals surface area contributed by atoms with Gasteiger partial charge in [0.15, 0.2) is 18.4 Å². The van der Waals surface area contributed by atoms with E-state index in [1.165, 1.54) is 6.08 Å². The van der Waals surface area contributed by atoms with Crippen molar-refractivity contribution in [1.29, 1.82) is 0 Å². The van der Waals surface area contributed by atoms with E-state index in [1.807, 2.05) is 36.1 Å². The normalized spacial score (nSPS) is 18.5. The Morgan fingerprint density at radius 1 is 1.00 bits per heavy atom. The molecule has 0 amide bonds. The maximum absolute atomic E-state index is 11.8. The van der Waals surface area contributed by atoms with E-state index in [1.54, 1.807) is 18.2 Å². The Bertz CT molecular complexity index is 1530. The predicted molar refractivity (Wildman–Crippen MR) is 135 cm³/mol. The molecule has 2 atom stereocenters. The van der Waals surface area contributed by atoms with Crippen LogP contribution in [0, 0.1) is 11.8 Å². The minimum Gasteiger partial charge on any atom is -0.370 e. The van der Waals surface area contributed by atoms with Crippen LogP contribution in [0.1, 0.15) is 18.4 Å². The first-order valence-electron chi connectivity index (χ1n) is 10.4. The Morgan fingerprint density at radius 3 is 2.22 bits per heavy atom. The van der Waals surface area contributed by atoms with Crippen LogP contribution < -0.4 is 21.8 Å². The number of pyridine rings is 1. The quantitative estimate of drug-likeness (QED) is 0.117. The molecule has 8 N–H and O–H groups in total. The highest BCUT2D eigenvalue weighted by molar-refractivity contribution is 7.90.